The number of hydrogen-bond acceptors (Lipinski definition) is 9. The normalized spacial score (nSPS) is 20.2. The first-order chi connectivity index (χ1) is 20.2. The number of para-hydroxylation sites is 1. The van der Waals surface area contributed by atoms with Crippen LogP contribution in [0.1, 0.15) is 77.0 Å². The number of hydrogen-bond donors (Lipinski definition) is 3. The molecule has 1 aromatic carbocycles. The van der Waals surface area contributed by atoms with E-state index in [1.54, 1.807) is 30.3 Å². The van der Waals surface area contributed by atoms with E-state index in [2.05, 4.69) is 33.6 Å². The molecule has 3 rings (SSSR count). The van der Waals surface area contributed by atoms with Crippen LogP contribution < -0.4 is 20.9 Å². The fourth-order valence-corrected chi connectivity index (χ4v) is 5.83. The van der Waals surface area contributed by atoms with Crippen molar-refractivity contribution >= 4 is 13.7 Å². The number of unbranched alkanes of at least 4 members (excludes halogenated alkanes) is 6. The molecule has 1 aliphatic rings. The molecule has 0 amide bonds. The van der Waals surface area contributed by atoms with Crippen LogP contribution in [0.15, 0.2) is 46.1 Å². The predicted octanol–water partition coefficient (Wildman–Crippen LogP) is 3.64. The van der Waals surface area contributed by atoms with E-state index in [-0.39, 0.29) is 17.7 Å². The minimum atomic E-state index is -4.16. The van der Waals surface area contributed by atoms with Crippen molar-refractivity contribution in [3.05, 3.63) is 62.9 Å². The average molecular weight is 606 g/mol. The zero-order valence-corrected chi connectivity index (χ0v) is 25.1. The molecule has 2 heterocycles. The molecule has 0 spiro atoms. The Morgan fingerprint density at radius 3 is 2.64 bits per heavy atom. The second kappa shape index (κ2) is 16.4. The second-order valence-electron chi connectivity index (χ2n) is 10.0. The maximum Gasteiger partial charge on any atom is 0.459 e. The highest BCUT2D eigenvalue weighted by molar-refractivity contribution is 7.52. The number of rotatable bonds is 15. The molecular formula is C29H40N3O9P. The summed E-state index contributed by atoms with van der Waals surface area (Å²) < 4.78 is 36.4. The van der Waals surface area contributed by atoms with Gasteiger partial charge < -0.3 is 19.1 Å². The third-order valence-corrected chi connectivity index (χ3v) is 8.29. The first-order valence-electron chi connectivity index (χ1n) is 14.2. The van der Waals surface area contributed by atoms with E-state index < -0.39 is 56.0 Å². The van der Waals surface area contributed by atoms with Gasteiger partial charge in [-0.15, -0.1) is 0 Å². The zero-order valence-electron chi connectivity index (χ0n) is 24.2. The smallest absolute Gasteiger partial charge is 0.459 e. The third kappa shape index (κ3) is 9.96. The lowest BCUT2D eigenvalue weighted by Crippen LogP contribution is -2.36. The van der Waals surface area contributed by atoms with Crippen LogP contribution in [0.2, 0.25) is 0 Å². The summed E-state index contributed by atoms with van der Waals surface area (Å²) in [6.45, 7) is 3.21. The van der Waals surface area contributed by atoms with Crippen LogP contribution >= 0.6 is 7.75 Å². The van der Waals surface area contributed by atoms with E-state index in [0.717, 1.165) is 23.8 Å². The zero-order chi connectivity index (χ0) is 30.5. The highest BCUT2D eigenvalue weighted by atomic mass is 31.2. The summed E-state index contributed by atoms with van der Waals surface area (Å²) in [7, 11) is -2.97. The summed E-state index contributed by atoms with van der Waals surface area (Å²) in [5.74, 6) is 5.36. The highest BCUT2D eigenvalue weighted by Gasteiger charge is 2.39. The van der Waals surface area contributed by atoms with E-state index in [9.17, 15) is 24.1 Å². The van der Waals surface area contributed by atoms with Gasteiger partial charge in [-0.2, -0.15) is 5.09 Å². The van der Waals surface area contributed by atoms with Gasteiger partial charge in [0.05, 0.1) is 19.8 Å². The van der Waals surface area contributed by atoms with Crippen molar-refractivity contribution in [2.75, 3.05) is 13.7 Å². The fraction of sp³-hybridized carbons (Fsp3) is 0.552. The second-order valence-corrected chi connectivity index (χ2v) is 11.7. The van der Waals surface area contributed by atoms with Gasteiger partial charge in [-0.25, -0.2) is 9.36 Å². The maximum absolute atomic E-state index is 13.6. The molecule has 230 valence electrons. The van der Waals surface area contributed by atoms with Crippen molar-refractivity contribution in [1.82, 2.24) is 14.6 Å². The Labute approximate surface area is 245 Å². The number of nitrogens with one attached hydrogen (secondary N) is 2. The molecule has 0 aliphatic carbocycles. The monoisotopic (exact) mass is 605 g/mol. The summed E-state index contributed by atoms with van der Waals surface area (Å²) >= 11 is 0. The number of aliphatic hydroxyl groups excluding tert-OH is 1. The molecule has 3 N–H and O–H groups in total. The number of nitrogens with zero attached hydrogens (tertiary/aromatic N) is 1. The Morgan fingerprint density at radius 2 is 1.93 bits per heavy atom. The standard InChI is InChI=1S/C29H40N3O9P/c1-4-5-6-7-8-9-10-12-15-22-19-32(29(36)30-27(22)34)26-18-24(33)25(40-26)20-39-42(37,31-21(2)28(35)38-3)41-23-16-13-11-14-17-23/h11,13-14,16-17,19,21,24-26,33H,4-10,18,20H2,1-3H3,(H,31,37)(H,30,34,36)/t21-,24-,25+,26+,42?/m0/s1. The van der Waals surface area contributed by atoms with E-state index in [1.165, 1.54) is 39.5 Å². The lowest BCUT2D eigenvalue weighted by atomic mass is 10.1. The van der Waals surface area contributed by atoms with Crippen LogP contribution in [0, 0.1) is 11.8 Å². The number of carbonyl (C=O) groups is 1. The van der Waals surface area contributed by atoms with E-state index in [4.69, 9.17) is 13.8 Å². The molecule has 42 heavy (non-hydrogen) atoms. The van der Waals surface area contributed by atoms with Gasteiger partial charge in [-0.3, -0.25) is 23.7 Å². The van der Waals surface area contributed by atoms with Gasteiger partial charge >= 0.3 is 19.4 Å². The third-order valence-electron chi connectivity index (χ3n) is 6.64. The molecular weight excluding hydrogens is 565 g/mol. The molecule has 12 nitrogen and oxygen atoms in total. The SMILES string of the molecule is CCCCCCCCC#Cc1cn([C@H]2C[C@H](O)[C@@H](COP(=O)(N[C@@H](C)C(=O)OC)Oc3ccccc3)O2)c(=O)[nH]c1=O. The molecule has 1 aromatic heterocycles. The summed E-state index contributed by atoms with van der Waals surface area (Å²) in [4.78, 5) is 39.1. The Hall–Kier alpha value is -3.20. The van der Waals surface area contributed by atoms with Crippen LogP contribution in [-0.2, 0) is 23.4 Å². The van der Waals surface area contributed by atoms with Crippen molar-refractivity contribution in [3.8, 4) is 17.6 Å². The predicted molar refractivity (Wildman–Crippen MR) is 156 cm³/mol. The molecule has 2 aromatic rings. The molecule has 0 saturated carbocycles. The van der Waals surface area contributed by atoms with Gasteiger partial charge in [0.1, 0.15) is 29.7 Å². The number of aromatic amines is 1. The number of H-pyrrole nitrogens is 1. The van der Waals surface area contributed by atoms with E-state index >= 15 is 0 Å². The fourth-order valence-electron chi connectivity index (χ4n) is 4.32. The van der Waals surface area contributed by atoms with Crippen LogP contribution in [0.5, 0.6) is 5.75 Å². The minimum Gasteiger partial charge on any atom is -0.468 e. The first-order valence-corrected chi connectivity index (χ1v) is 15.7. The number of carbonyl (C=O) groups excluding carboxylic acids is 1. The topological polar surface area (TPSA) is 158 Å². The van der Waals surface area contributed by atoms with Crippen molar-refractivity contribution in [2.45, 2.75) is 89.7 Å². The lowest BCUT2D eigenvalue weighted by Gasteiger charge is -2.24. The molecule has 1 saturated heterocycles. The Morgan fingerprint density at radius 1 is 1.21 bits per heavy atom. The summed E-state index contributed by atoms with van der Waals surface area (Å²) in [6.07, 6.45) is 5.68. The van der Waals surface area contributed by atoms with E-state index in [1.807, 2.05) is 0 Å². The van der Waals surface area contributed by atoms with Gasteiger partial charge in [0, 0.05) is 19.0 Å². The number of benzene rings is 1. The maximum atomic E-state index is 13.6. The van der Waals surface area contributed by atoms with Crippen molar-refractivity contribution in [1.29, 1.82) is 0 Å². The van der Waals surface area contributed by atoms with Crippen molar-refractivity contribution < 1.29 is 33.0 Å². The van der Waals surface area contributed by atoms with Gasteiger partial charge in [0.15, 0.2) is 0 Å². The molecule has 0 radical (unpaired) electrons. The van der Waals surface area contributed by atoms with Crippen molar-refractivity contribution in [3.63, 3.8) is 0 Å². The number of esters is 1. The highest BCUT2D eigenvalue weighted by Crippen LogP contribution is 2.45. The van der Waals surface area contributed by atoms with Crippen molar-refractivity contribution in [2.24, 2.45) is 0 Å². The molecule has 1 unspecified atom stereocenters. The number of aliphatic hydroxyl groups is 1. The van der Waals surface area contributed by atoms with Crippen LogP contribution in [0.25, 0.3) is 0 Å². The molecule has 5 atom stereocenters. The van der Waals surface area contributed by atoms with Gasteiger partial charge in [-0.05, 0) is 25.5 Å². The minimum absolute atomic E-state index is 0.000438. The average Bonchev–Trinajstić information content (AvgIpc) is 3.34. The van der Waals surface area contributed by atoms with Gasteiger partial charge in [-0.1, -0.05) is 69.1 Å². The number of methoxy groups -OCH3 is 1. The van der Waals surface area contributed by atoms with Crippen LogP contribution in [0.4, 0.5) is 0 Å². The summed E-state index contributed by atoms with van der Waals surface area (Å²) in [6, 6.07) is 7.19. The molecule has 1 fully saturated rings. The van der Waals surface area contributed by atoms with Gasteiger partial charge in [0.2, 0.25) is 0 Å². The molecule has 1 aliphatic heterocycles. The Kier molecular flexibility index (Phi) is 13.0. The van der Waals surface area contributed by atoms with Gasteiger partial charge in [0.25, 0.3) is 5.56 Å². The summed E-state index contributed by atoms with van der Waals surface area (Å²) in [5, 5.41) is 13.2. The number of aromatic nitrogens is 2. The Bertz CT molecular complexity index is 1380. The number of ether oxygens (including phenoxy) is 2. The summed E-state index contributed by atoms with van der Waals surface area (Å²) in [5.41, 5.74) is -1.21. The van der Waals surface area contributed by atoms with Crippen LogP contribution in [0.3, 0.4) is 0 Å². The van der Waals surface area contributed by atoms with Crippen LogP contribution in [-0.4, -0.2) is 52.6 Å². The molecule has 13 heteroatoms. The largest absolute Gasteiger partial charge is 0.468 e. The van der Waals surface area contributed by atoms with E-state index in [0.29, 0.717) is 6.42 Å². The quantitative estimate of drug-likeness (QED) is 0.118. The Balaban J connectivity index is 1.67. The lowest BCUT2D eigenvalue weighted by molar-refractivity contribution is -0.142. The molecule has 0 bridgehead atoms. The first kappa shape index (κ1) is 33.3.